The smallest absolute Gasteiger partial charge is 0.235 e. The van der Waals surface area contributed by atoms with E-state index in [1.807, 2.05) is 6.08 Å². The molecule has 1 atom stereocenters. The van der Waals surface area contributed by atoms with Crippen molar-refractivity contribution >= 4 is 0 Å². The molecule has 1 rings (SSSR count). The van der Waals surface area contributed by atoms with Gasteiger partial charge >= 0.3 is 0 Å². The quantitative estimate of drug-likeness (QED) is 0.137. The van der Waals surface area contributed by atoms with Crippen LogP contribution in [-0.2, 0) is 4.74 Å². The molecule has 0 aliphatic carbocycles. The molecule has 184 valence electrons. The zero-order valence-corrected chi connectivity index (χ0v) is 20.9. The van der Waals surface area contributed by atoms with Crippen LogP contribution in [0.3, 0.4) is 0 Å². The van der Waals surface area contributed by atoms with Gasteiger partial charge in [0.25, 0.3) is 0 Å². The fourth-order valence-electron chi connectivity index (χ4n) is 3.88. The number of hydrazine groups is 1. The Balaban J connectivity index is 2.16. The topological polar surface area (TPSA) is 44.7 Å². The van der Waals surface area contributed by atoms with Crippen LogP contribution in [0, 0.1) is 0 Å². The largest absolute Gasteiger partial charge is 0.469 e. The Bertz CT molecular complexity index is 540. The van der Waals surface area contributed by atoms with Crippen LogP contribution in [0.2, 0.25) is 0 Å². The van der Waals surface area contributed by atoms with Crippen LogP contribution in [0.1, 0.15) is 123 Å². The van der Waals surface area contributed by atoms with Crippen molar-refractivity contribution in [2.24, 2.45) is 0 Å². The molecule has 0 spiro atoms. The van der Waals surface area contributed by atoms with Crippen LogP contribution < -0.4 is 5.43 Å². The van der Waals surface area contributed by atoms with E-state index in [4.69, 9.17) is 4.74 Å². The van der Waals surface area contributed by atoms with Crippen LogP contribution >= 0.6 is 0 Å². The minimum Gasteiger partial charge on any atom is -0.469 e. The summed E-state index contributed by atoms with van der Waals surface area (Å²) >= 11 is 0. The van der Waals surface area contributed by atoms with Crippen molar-refractivity contribution in [3.8, 4) is 0 Å². The van der Waals surface area contributed by atoms with Crippen molar-refractivity contribution < 1.29 is 9.94 Å². The van der Waals surface area contributed by atoms with Crippen molar-refractivity contribution in [3.63, 3.8) is 0 Å². The molecule has 0 aromatic carbocycles. The lowest BCUT2D eigenvalue weighted by molar-refractivity contribution is -0.144. The van der Waals surface area contributed by atoms with Gasteiger partial charge < -0.3 is 4.74 Å². The summed E-state index contributed by atoms with van der Waals surface area (Å²) in [7, 11) is 0. The van der Waals surface area contributed by atoms with Crippen molar-refractivity contribution in [2.75, 3.05) is 0 Å². The molecule has 0 saturated heterocycles. The minimum atomic E-state index is -0.0346. The van der Waals surface area contributed by atoms with Crippen LogP contribution in [0.4, 0.5) is 0 Å². The molecule has 1 aliphatic rings. The van der Waals surface area contributed by atoms with Gasteiger partial charge in [0.05, 0.1) is 0 Å². The molecule has 0 aromatic rings. The number of hydrogen-bond acceptors (Lipinski definition) is 4. The second-order valence-corrected chi connectivity index (χ2v) is 8.95. The van der Waals surface area contributed by atoms with Crippen molar-refractivity contribution in [1.29, 1.82) is 0 Å². The molecule has 1 heterocycles. The SMILES string of the molecule is CCCCCCCCCCCCC/C=C/C=C/C(CCCCCC)OC1=CC=CNN1O. The lowest BCUT2D eigenvalue weighted by Gasteiger charge is -2.25. The maximum absolute atomic E-state index is 9.87. The summed E-state index contributed by atoms with van der Waals surface area (Å²) in [6, 6.07) is 0. The van der Waals surface area contributed by atoms with Crippen LogP contribution in [0.5, 0.6) is 0 Å². The first kappa shape index (κ1) is 28.4. The first-order valence-electron chi connectivity index (χ1n) is 13.4. The summed E-state index contributed by atoms with van der Waals surface area (Å²) in [5.41, 5.74) is 2.71. The molecule has 0 aromatic heterocycles. The molecule has 0 amide bonds. The zero-order valence-electron chi connectivity index (χ0n) is 20.9. The van der Waals surface area contributed by atoms with E-state index in [9.17, 15) is 5.21 Å². The molecule has 2 N–H and O–H groups in total. The lowest BCUT2D eigenvalue weighted by Crippen LogP contribution is -2.34. The summed E-state index contributed by atoms with van der Waals surface area (Å²) in [6.45, 7) is 4.51. The van der Waals surface area contributed by atoms with E-state index in [0.29, 0.717) is 5.88 Å². The number of nitrogens with zero attached hydrogens (tertiary/aromatic N) is 1. The summed E-state index contributed by atoms with van der Waals surface area (Å²) < 4.78 is 6.01. The molecule has 4 heteroatoms. The van der Waals surface area contributed by atoms with Gasteiger partial charge in [0, 0.05) is 12.3 Å². The first-order chi connectivity index (χ1) is 15.8. The van der Waals surface area contributed by atoms with Gasteiger partial charge in [0.15, 0.2) is 0 Å². The molecular formula is C28H50N2O2. The molecule has 0 bridgehead atoms. The molecule has 32 heavy (non-hydrogen) atoms. The predicted molar refractivity (Wildman–Crippen MR) is 137 cm³/mol. The number of ether oxygens (including phenoxy) is 1. The Kier molecular flexibility index (Phi) is 18.8. The van der Waals surface area contributed by atoms with E-state index >= 15 is 0 Å². The Morgan fingerprint density at radius 3 is 2.06 bits per heavy atom. The number of hydroxylamine groups is 1. The summed E-state index contributed by atoms with van der Waals surface area (Å²) in [4.78, 5) is 0. The van der Waals surface area contributed by atoms with Crippen molar-refractivity contribution in [1.82, 2.24) is 10.6 Å². The summed E-state index contributed by atoms with van der Waals surface area (Å²) in [5, 5.41) is 10.8. The van der Waals surface area contributed by atoms with E-state index in [0.717, 1.165) is 24.4 Å². The molecule has 0 saturated carbocycles. The average molecular weight is 447 g/mol. The number of nitrogens with one attached hydrogen (secondary N) is 1. The molecule has 0 radical (unpaired) electrons. The predicted octanol–water partition coefficient (Wildman–Crippen LogP) is 8.72. The number of allylic oxidation sites excluding steroid dienone is 5. The standard InChI is InChI=1S/C28H50N2O2/c1-3-5-7-9-10-11-12-13-14-15-16-17-18-19-21-24-27(23-20-8-6-4-2)32-28-25-22-26-29-30(28)31/h18-19,21-22,24-27,29,31H,3-17,20,23H2,1-2H3/b19-18+,24-21+. The van der Waals surface area contributed by atoms with Gasteiger partial charge in [-0.2, -0.15) is 0 Å². The van der Waals surface area contributed by atoms with Crippen LogP contribution in [0.25, 0.3) is 0 Å². The van der Waals surface area contributed by atoms with E-state index < -0.39 is 0 Å². The van der Waals surface area contributed by atoms with E-state index in [1.54, 1.807) is 12.3 Å². The van der Waals surface area contributed by atoms with Gasteiger partial charge in [-0.15, -0.1) is 5.17 Å². The molecular weight excluding hydrogens is 396 g/mol. The van der Waals surface area contributed by atoms with Crippen molar-refractivity contribution in [2.45, 2.75) is 129 Å². The highest BCUT2D eigenvalue weighted by atomic mass is 16.6. The third-order valence-electron chi connectivity index (χ3n) is 5.90. The summed E-state index contributed by atoms with van der Waals surface area (Å²) in [5.74, 6) is 0.433. The number of unbranched alkanes of at least 4 members (excludes halogenated alkanes) is 14. The average Bonchev–Trinajstić information content (AvgIpc) is 2.80. The Labute approximate surface area is 198 Å². The van der Waals surface area contributed by atoms with Crippen LogP contribution in [0.15, 0.2) is 48.5 Å². The van der Waals surface area contributed by atoms with Gasteiger partial charge in [-0.05, 0) is 37.8 Å². The highest BCUT2D eigenvalue weighted by Crippen LogP contribution is 2.16. The maximum atomic E-state index is 9.87. The van der Waals surface area contributed by atoms with E-state index in [-0.39, 0.29) is 6.10 Å². The maximum Gasteiger partial charge on any atom is 0.235 e. The lowest BCUT2D eigenvalue weighted by atomic mass is 10.1. The molecule has 0 fully saturated rings. The normalized spacial score (nSPS) is 14.8. The van der Waals surface area contributed by atoms with Gasteiger partial charge in [0.1, 0.15) is 6.10 Å². The third kappa shape index (κ3) is 16.0. The number of rotatable bonds is 21. The highest BCUT2D eigenvalue weighted by Gasteiger charge is 2.14. The first-order valence-corrected chi connectivity index (χ1v) is 13.4. The second-order valence-electron chi connectivity index (χ2n) is 8.95. The van der Waals surface area contributed by atoms with Gasteiger partial charge in [-0.3, -0.25) is 10.6 Å². The summed E-state index contributed by atoms with van der Waals surface area (Å²) in [6.07, 6.45) is 36.0. The molecule has 1 aliphatic heterocycles. The van der Waals surface area contributed by atoms with E-state index in [1.165, 1.54) is 89.9 Å². The Morgan fingerprint density at radius 1 is 0.844 bits per heavy atom. The Morgan fingerprint density at radius 2 is 1.44 bits per heavy atom. The molecule has 4 nitrogen and oxygen atoms in total. The van der Waals surface area contributed by atoms with Crippen molar-refractivity contribution in [3.05, 3.63) is 48.5 Å². The van der Waals surface area contributed by atoms with Gasteiger partial charge in [0.2, 0.25) is 5.88 Å². The number of hydrogen-bond donors (Lipinski definition) is 2. The zero-order chi connectivity index (χ0) is 23.1. The van der Waals surface area contributed by atoms with Gasteiger partial charge in [-0.1, -0.05) is 116 Å². The fraction of sp³-hybridized carbons (Fsp3) is 0.714. The van der Waals surface area contributed by atoms with Crippen LogP contribution in [-0.4, -0.2) is 16.5 Å². The highest BCUT2D eigenvalue weighted by molar-refractivity contribution is 5.11. The van der Waals surface area contributed by atoms with E-state index in [2.05, 4.69) is 43.6 Å². The molecule has 1 unspecified atom stereocenters. The van der Waals surface area contributed by atoms with Gasteiger partial charge in [-0.25, -0.2) is 0 Å². The fourth-order valence-corrected chi connectivity index (χ4v) is 3.88. The Hall–Kier alpha value is -1.68. The monoisotopic (exact) mass is 446 g/mol. The second kappa shape index (κ2) is 21.2. The third-order valence-corrected chi connectivity index (χ3v) is 5.90. The minimum absolute atomic E-state index is 0.0346.